The van der Waals surface area contributed by atoms with Crippen LogP contribution in [-0.2, 0) is 9.59 Å². The standard InChI is InChI=1S/2C17H17ClN2O5/c2*1-11-8-13(6-7-15(11)20(23)24)19-16(21)17(2,22)10-25-14-5-3-4-12(18)9-14/h2*3-9,22H,10H2,1-2H3,(H,19,21). The van der Waals surface area contributed by atoms with Crippen molar-refractivity contribution in [1.82, 2.24) is 0 Å². The molecule has 0 bridgehead atoms. The monoisotopic (exact) mass is 728 g/mol. The summed E-state index contributed by atoms with van der Waals surface area (Å²) in [4.78, 5) is 45.1. The molecular formula is C34H34Cl2N4O10. The number of benzene rings is 4. The van der Waals surface area contributed by atoms with Gasteiger partial charge < -0.3 is 30.3 Å². The van der Waals surface area contributed by atoms with E-state index in [4.69, 9.17) is 32.7 Å². The fourth-order valence-electron chi connectivity index (χ4n) is 4.10. The number of nitro groups is 2. The average molecular weight is 730 g/mol. The molecule has 0 fully saturated rings. The molecule has 14 nitrogen and oxygen atoms in total. The molecule has 4 rings (SSSR count). The third-order valence-electron chi connectivity index (χ3n) is 6.91. The number of carbonyl (C=O) groups excluding carboxylic acids is 2. The van der Waals surface area contributed by atoms with Crippen LogP contribution in [0.15, 0.2) is 84.9 Å². The van der Waals surface area contributed by atoms with Crippen LogP contribution in [0.25, 0.3) is 0 Å². The average Bonchev–Trinajstić information content (AvgIpc) is 3.03. The summed E-state index contributed by atoms with van der Waals surface area (Å²) in [5.41, 5.74) is -2.22. The van der Waals surface area contributed by atoms with Gasteiger partial charge in [0.05, 0.1) is 9.85 Å². The second-order valence-corrected chi connectivity index (χ2v) is 12.3. The molecule has 0 radical (unpaired) electrons. The Labute approximate surface area is 296 Å². The summed E-state index contributed by atoms with van der Waals surface area (Å²) in [6.45, 7) is 5.18. The number of nitrogens with zero attached hydrogens (tertiary/aromatic N) is 2. The number of aryl methyl sites for hydroxylation is 2. The Hall–Kier alpha value is -5.28. The lowest BCUT2D eigenvalue weighted by atomic mass is 10.1. The van der Waals surface area contributed by atoms with Crippen molar-refractivity contribution in [2.24, 2.45) is 0 Å². The molecule has 0 aliphatic rings. The molecule has 4 N–H and O–H groups in total. The molecule has 0 heterocycles. The summed E-state index contributed by atoms with van der Waals surface area (Å²) in [5.74, 6) is -0.538. The minimum absolute atomic E-state index is 0.0472. The van der Waals surface area contributed by atoms with Crippen LogP contribution < -0.4 is 20.1 Å². The van der Waals surface area contributed by atoms with E-state index in [0.717, 1.165) is 0 Å². The fourth-order valence-corrected chi connectivity index (χ4v) is 4.46. The van der Waals surface area contributed by atoms with Crippen LogP contribution in [0.1, 0.15) is 25.0 Å². The number of hydrogen-bond donors (Lipinski definition) is 4. The van der Waals surface area contributed by atoms with Gasteiger partial charge in [-0.1, -0.05) is 35.3 Å². The molecule has 16 heteroatoms. The van der Waals surface area contributed by atoms with E-state index in [9.17, 15) is 40.0 Å². The maximum Gasteiger partial charge on any atom is 0.272 e. The molecule has 2 atom stereocenters. The van der Waals surface area contributed by atoms with Gasteiger partial charge in [-0.25, -0.2) is 0 Å². The Bertz CT molecular complexity index is 1750. The minimum atomic E-state index is -1.81. The summed E-state index contributed by atoms with van der Waals surface area (Å²) in [6.07, 6.45) is 0. The smallest absolute Gasteiger partial charge is 0.272 e. The highest BCUT2D eigenvalue weighted by molar-refractivity contribution is 6.31. The van der Waals surface area contributed by atoms with Crippen LogP contribution in [0.3, 0.4) is 0 Å². The molecule has 264 valence electrons. The van der Waals surface area contributed by atoms with Gasteiger partial charge in [-0.3, -0.25) is 29.8 Å². The fraction of sp³-hybridized carbons (Fsp3) is 0.235. The van der Waals surface area contributed by atoms with Crippen molar-refractivity contribution in [2.75, 3.05) is 23.8 Å². The second-order valence-electron chi connectivity index (χ2n) is 11.5. The molecule has 0 aromatic heterocycles. The summed E-state index contributed by atoms with van der Waals surface area (Å²) >= 11 is 11.7. The highest BCUT2D eigenvalue weighted by atomic mass is 35.5. The first kappa shape index (κ1) is 39.2. The summed E-state index contributed by atoms with van der Waals surface area (Å²) in [7, 11) is 0. The van der Waals surface area contributed by atoms with E-state index >= 15 is 0 Å². The van der Waals surface area contributed by atoms with E-state index in [1.807, 2.05) is 0 Å². The number of amides is 2. The van der Waals surface area contributed by atoms with E-state index in [1.165, 1.54) is 50.2 Å². The first-order chi connectivity index (χ1) is 23.4. The lowest BCUT2D eigenvalue weighted by Crippen LogP contribution is -2.45. The van der Waals surface area contributed by atoms with E-state index < -0.39 is 32.9 Å². The Kier molecular flexibility index (Phi) is 13.2. The van der Waals surface area contributed by atoms with Crippen molar-refractivity contribution in [1.29, 1.82) is 0 Å². The number of nitro benzene ring substituents is 2. The highest BCUT2D eigenvalue weighted by Crippen LogP contribution is 2.25. The molecule has 0 saturated carbocycles. The lowest BCUT2D eigenvalue weighted by Gasteiger charge is -2.22. The lowest BCUT2D eigenvalue weighted by molar-refractivity contribution is -0.385. The summed E-state index contributed by atoms with van der Waals surface area (Å²) in [5, 5.41) is 48.2. The van der Waals surface area contributed by atoms with Crippen LogP contribution in [0.5, 0.6) is 11.5 Å². The Morgan fingerprint density at radius 2 is 1.04 bits per heavy atom. The van der Waals surface area contributed by atoms with Crippen molar-refractivity contribution < 1.29 is 39.1 Å². The van der Waals surface area contributed by atoms with Gasteiger partial charge in [0.2, 0.25) is 0 Å². The normalized spacial score (nSPS) is 13.0. The van der Waals surface area contributed by atoms with Crippen LogP contribution in [0.4, 0.5) is 22.7 Å². The molecule has 50 heavy (non-hydrogen) atoms. The van der Waals surface area contributed by atoms with E-state index in [1.54, 1.807) is 62.4 Å². The van der Waals surface area contributed by atoms with Gasteiger partial charge >= 0.3 is 0 Å². The molecule has 0 aliphatic carbocycles. The van der Waals surface area contributed by atoms with Gasteiger partial charge in [0.25, 0.3) is 23.2 Å². The van der Waals surface area contributed by atoms with Gasteiger partial charge in [-0.05, 0) is 88.4 Å². The van der Waals surface area contributed by atoms with Crippen molar-refractivity contribution in [3.63, 3.8) is 0 Å². The third kappa shape index (κ3) is 11.4. The maximum atomic E-state index is 12.3. The zero-order valence-electron chi connectivity index (χ0n) is 27.3. The number of carbonyl (C=O) groups is 2. The molecule has 0 aliphatic heterocycles. The zero-order chi connectivity index (χ0) is 37.2. The molecule has 4 aromatic rings. The number of ether oxygens (including phenoxy) is 2. The van der Waals surface area contributed by atoms with Gasteiger partial charge in [0.15, 0.2) is 11.2 Å². The van der Waals surface area contributed by atoms with Gasteiger partial charge in [-0.2, -0.15) is 0 Å². The highest BCUT2D eigenvalue weighted by Gasteiger charge is 2.33. The minimum Gasteiger partial charge on any atom is -0.490 e. The Morgan fingerprint density at radius 1 is 0.680 bits per heavy atom. The van der Waals surface area contributed by atoms with Crippen molar-refractivity contribution in [3.8, 4) is 11.5 Å². The number of nitrogens with one attached hydrogen (secondary N) is 2. The Balaban J connectivity index is 0.000000270. The van der Waals surface area contributed by atoms with Crippen LogP contribution in [0.2, 0.25) is 10.0 Å². The first-order valence-electron chi connectivity index (χ1n) is 14.7. The summed E-state index contributed by atoms with van der Waals surface area (Å²) < 4.78 is 10.8. The van der Waals surface area contributed by atoms with Crippen molar-refractivity contribution in [3.05, 3.63) is 126 Å². The van der Waals surface area contributed by atoms with E-state index in [2.05, 4.69) is 10.6 Å². The Morgan fingerprint density at radius 3 is 1.34 bits per heavy atom. The molecule has 4 aromatic carbocycles. The number of rotatable bonds is 12. The van der Waals surface area contributed by atoms with E-state index in [0.29, 0.717) is 44.0 Å². The molecular weight excluding hydrogens is 695 g/mol. The summed E-state index contributed by atoms with van der Waals surface area (Å²) in [6, 6.07) is 21.5. The predicted molar refractivity (Wildman–Crippen MR) is 188 cm³/mol. The molecule has 0 saturated heterocycles. The quantitative estimate of drug-likeness (QED) is 0.0903. The molecule has 2 amide bonds. The maximum absolute atomic E-state index is 12.3. The molecule has 2 unspecified atom stereocenters. The number of halogens is 2. The van der Waals surface area contributed by atoms with Crippen molar-refractivity contribution >= 4 is 57.8 Å². The van der Waals surface area contributed by atoms with Gasteiger partial charge in [0, 0.05) is 44.7 Å². The topological polar surface area (TPSA) is 203 Å². The SMILES string of the molecule is Cc1cc(NC(=O)C(C)(O)COc2cccc(Cl)c2)ccc1[N+](=O)[O-].Cc1cc(NC(=O)C(C)(O)COc2cccc(Cl)c2)ccc1[N+](=O)[O-]. The van der Waals surface area contributed by atoms with Crippen LogP contribution in [-0.4, -0.2) is 56.3 Å². The van der Waals surface area contributed by atoms with Crippen LogP contribution >= 0.6 is 23.2 Å². The number of aliphatic hydroxyl groups is 2. The largest absolute Gasteiger partial charge is 0.490 e. The van der Waals surface area contributed by atoms with Crippen LogP contribution in [0, 0.1) is 34.1 Å². The van der Waals surface area contributed by atoms with E-state index in [-0.39, 0.29) is 24.6 Å². The first-order valence-corrected chi connectivity index (χ1v) is 15.5. The van der Waals surface area contributed by atoms with Crippen molar-refractivity contribution in [2.45, 2.75) is 38.9 Å². The third-order valence-corrected chi connectivity index (χ3v) is 7.38. The number of anilines is 2. The second kappa shape index (κ2) is 16.9. The van der Waals surface area contributed by atoms with Gasteiger partial charge in [0.1, 0.15) is 24.7 Å². The van der Waals surface area contributed by atoms with Gasteiger partial charge in [-0.15, -0.1) is 0 Å². The zero-order valence-corrected chi connectivity index (χ0v) is 28.8. The predicted octanol–water partition coefficient (Wildman–Crippen LogP) is 6.65. The molecule has 0 spiro atoms. The number of hydrogen-bond acceptors (Lipinski definition) is 10.